The van der Waals surface area contributed by atoms with Gasteiger partial charge in [-0.25, -0.2) is 13.8 Å². The number of rotatable bonds is 6. The first-order valence-electron chi connectivity index (χ1n) is 8.45. The Morgan fingerprint density at radius 1 is 1.07 bits per heavy atom. The number of carbonyl (C=O) groups excluding carboxylic acids is 1. The van der Waals surface area contributed by atoms with Gasteiger partial charge in [0.1, 0.15) is 5.75 Å². The molecule has 0 unspecified atom stereocenters. The number of phenols is 1. The van der Waals surface area contributed by atoms with Gasteiger partial charge in [0.05, 0.1) is 11.1 Å². The number of phenolic OH excluding ortho intramolecular Hbond substituents is 1. The highest BCUT2D eigenvalue weighted by Gasteiger charge is 2.16. The minimum absolute atomic E-state index is 0.00226. The molecular weight excluding hydrogens is 494 g/mol. The number of nitrogens with one attached hydrogen (secondary N) is 2. The standard InChI is InChI=1S/C20H15BrClN3O4S/c21-15-4-9-19(26)14(10-15)12-23-24-20(27)13-2-1-3-18(11-13)30(28,29)25-17-7-5-16(22)6-8-17/h1-12,25-26H,(H,24,27). The lowest BCUT2D eigenvalue weighted by Crippen LogP contribution is -2.19. The molecule has 154 valence electrons. The van der Waals surface area contributed by atoms with E-state index in [0.717, 1.165) is 4.47 Å². The minimum Gasteiger partial charge on any atom is -0.507 e. The molecule has 0 radical (unpaired) electrons. The summed E-state index contributed by atoms with van der Waals surface area (Å²) in [6.07, 6.45) is 1.28. The highest BCUT2D eigenvalue weighted by Crippen LogP contribution is 2.21. The van der Waals surface area contributed by atoms with Crippen LogP contribution in [0.2, 0.25) is 5.02 Å². The van der Waals surface area contributed by atoms with Crippen molar-refractivity contribution in [1.82, 2.24) is 5.43 Å². The summed E-state index contributed by atoms with van der Waals surface area (Å²) in [6.45, 7) is 0. The number of amides is 1. The summed E-state index contributed by atoms with van der Waals surface area (Å²) in [5.74, 6) is -0.609. The molecule has 0 atom stereocenters. The molecule has 0 saturated carbocycles. The van der Waals surface area contributed by atoms with E-state index in [0.29, 0.717) is 16.3 Å². The highest BCUT2D eigenvalue weighted by molar-refractivity contribution is 9.10. The van der Waals surface area contributed by atoms with Crippen LogP contribution >= 0.6 is 27.5 Å². The van der Waals surface area contributed by atoms with Gasteiger partial charge in [-0.3, -0.25) is 9.52 Å². The van der Waals surface area contributed by atoms with Crippen LogP contribution in [-0.4, -0.2) is 25.6 Å². The van der Waals surface area contributed by atoms with E-state index < -0.39 is 15.9 Å². The van der Waals surface area contributed by atoms with Crippen LogP contribution in [0.15, 0.2) is 81.2 Å². The molecule has 3 aromatic rings. The van der Waals surface area contributed by atoms with Gasteiger partial charge in [0.25, 0.3) is 15.9 Å². The van der Waals surface area contributed by atoms with Crippen molar-refractivity contribution in [2.24, 2.45) is 5.10 Å². The normalized spacial score (nSPS) is 11.4. The second kappa shape index (κ2) is 9.29. The van der Waals surface area contributed by atoms with Crippen molar-refractivity contribution in [1.29, 1.82) is 0 Å². The lowest BCUT2D eigenvalue weighted by Gasteiger charge is -2.09. The summed E-state index contributed by atoms with van der Waals surface area (Å²) < 4.78 is 28.3. The first-order valence-corrected chi connectivity index (χ1v) is 11.1. The minimum atomic E-state index is -3.91. The maximum absolute atomic E-state index is 12.6. The Labute approximate surface area is 186 Å². The van der Waals surface area contributed by atoms with Gasteiger partial charge in [0.2, 0.25) is 0 Å². The zero-order valence-corrected chi connectivity index (χ0v) is 18.4. The molecule has 3 N–H and O–H groups in total. The zero-order valence-electron chi connectivity index (χ0n) is 15.2. The number of nitrogens with zero attached hydrogens (tertiary/aromatic N) is 1. The summed E-state index contributed by atoms with van der Waals surface area (Å²) in [7, 11) is -3.91. The van der Waals surface area contributed by atoms with Crippen LogP contribution in [0.5, 0.6) is 5.75 Å². The summed E-state index contributed by atoms with van der Waals surface area (Å²) in [4.78, 5) is 12.3. The maximum atomic E-state index is 12.6. The van der Waals surface area contributed by atoms with E-state index in [-0.39, 0.29) is 16.2 Å². The van der Waals surface area contributed by atoms with Crippen LogP contribution < -0.4 is 10.1 Å². The van der Waals surface area contributed by atoms with Gasteiger partial charge in [-0.15, -0.1) is 0 Å². The number of benzene rings is 3. The third-order valence-electron chi connectivity index (χ3n) is 3.86. The summed E-state index contributed by atoms with van der Waals surface area (Å²) >= 11 is 9.08. The van der Waals surface area contributed by atoms with E-state index in [1.54, 1.807) is 24.3 Å². The van der Waals surface area contributed by atoms with E-state index in [1.807, 2.05) is 0 Å². The SMILES string of the molecule is O=C(NN=Cc1cc(Br)ccc1O)c1cccc(S(=O)(=O)Nc2ccc(Cl)cc2)c1. The number of anilines is 1. The van der Waals surface area contributed by atoms with Crippen molar-refractivity contribution < 1.29 is 18.3 Å². The van der Waals surface area contributed by atoms with Crippen LogP contribution in [0.4, 0.5) is 5.69 Å². The molecule has 0 saturated heterocycles. The fraction of sp³-hybridized carbons (Fsp3) is 0. The monoisotopic (exact) mass is 507 g/mol. The third-order valence-corrected chi connectivity index (χ3v) is 5.99. The number of hydrogen-bond donors (Lipinski definition) is 3. The molecule has 0 spiro atoms. The average molecular weight is 509 g/mol. The van der Waals surface area contributed by atoms with Crippen LogP contribution in [0.25, 0.3) is 0 Å². The maximum Gasteiger partial charge on any atom is 0.271 e. The first-order chi connectivity index (χ1) is 14.2. The van der Waals surface area contributed by atoms with Crippen molar-refractivity contribution in [2.75, 3.05) is 4.72 Å². The number of carbonyl (C=O) groups is 1. The van der Waals surface area contributed by atoms with Crippen molar-refractivity contribution in [3.8, 4) is 5.75 Å². The van der Waals surface area contributed by atoms with Crippen LogP contribution in [0, 0.1) is 0 Å². The molecule has 0 aliphatic rings. The Morgan fingerprint density at radius 2 is 1.80 bits per heavy atom. The molecule has 0 bridgehead atoms. The average Bonchev–Trinajstić information content (AvgIpc) is 2.72. The molecule has 10 heteroatoms. The van der Waals surface area contributed by atoms with Crippen molar-refractivity contribution in [3.63, 3.8) is 0 Å². The van der Waals surface area contributed by atoms with E-state index >= 15 is 0 Å². The number of aromatic hydroxyl groups is 1. The van der Waals surface area contributed by atoms with Crippen LogP contribution in [-0.2, 0) is 10.0 Å². The van der Waals surface area contributed by atoms with Crippen molar-refractivity contribution in [3.05, 3.63) is 87.4 Å². The first kappa shape index (κ1) is 21.8. The fourth-order valence-electron chi connectivity index (χ4n) is 2.39. The molecular formula is C20H15BrClN3O4S. The second-order valence-corrected chi connectivity index (χ2v) is 9.08. The Hall–Kier alpha value is -2.88. The molecule has 3 rings (SSSR count). The summed E-state index contributed by atoms with van der Waals surface area (Å²) in [6, 6.07) is 16.5. The van der Waals surface area contributed by atoms with Crippen LogP contribution in [0.1, 0.15) is 15.9 Å². The van der Waals surface area contributed by atoms with E-state index in [1.165, 1.54) is 48.7 Å². The molecule has 0 fully saturated rings. The Balaban J connectivity index is 1.73. The predicted molar refractivity (Wildman–Crippen MR) is 120 cm³/mol. The highest BCUT2D eigenvalue weighted by atomic mass is 79.9. The number of hydrazone groups is 1. The van der Waals surface area contributed by atoms with Gasteiger partial charge in [0, 0.05) is 26.3 Å². The molecule has 3 aromatic carbocycles. The van der Waals surface area contributed by atoms with Gasteiger partial charge >= 0.3 is 0 Å². The predicted octanol–water partition coefficient (Wildman–Crippen LogP) is 4.37. The van der Waals surface area contributed by atoms with Gasteiger partial charge in [-0.2, -0.15) is 5.10 Å². The summed E-state index contributed by atoms with van der Waals surface area (Å²) in [5.41, 5.74) is 3.14. The molecule has 0 heterocycles. The van der Waals surface area contributed by atoms with E-state index in [2.05, 4.69) is 31.2 Å². The lowest BCUT2D eigenvalue weighted by molar-refractivity contribution is 0.0955. The van der Waals surface area contributed by atoms with E-state index in [4.69, 9.17) is 11.6 Å². The third kappa shape index (κ3) is 5.59. The topological polar surface area (TPSA) is 108 Å². The zero-order chi connectivity index (χ0) is 21.7. The Morgan fingerprint density at radius 3 is 2.53 bits per heavy atom. The largest absolute Gasteiger partial charge is 0.507 e. The lowest BCUT2D eigenvalue weighted by atomic mass is 10.2. The van der Waals surface area contributed by atoms with Crippen molar-refractivity contribution >= 4 is 55.4 Å². The Bertz CT molecular complexity index is 1210. The summed E-state index contributed by atoms with van der Waals surface area (Å²) in [5, 5.41) is 14.1. The number of halogens is 2. The molecule has 1 amide bonds. The number of sulfonamides is 1. The van der Waals surface area contributed by atoms with Gasteiger partial charge in [0.15, 0.2) is 0 Å². The number of hydrogen-bond acceptors (Lipinski definition) is 5. The quantitative estimate of drug-likeness (QED) is 0.339. The van der Waals surface area contributed by atoms with Crippen molar-refractivity contribution in [2.45, 2.75) is 4.90 Å². The van der Waals surface area contributed by atoms with Gasteiger partial charge < -0.3 is 5.11 Å². The van der Waals surface area contributed by atoms with E-state index in [9.17, 15) is 18.3 Å². The molecule has 7 nitrogen and oxygen atoms in total. The second-order valence-electron chi connectivity index (χ2n) is 6.04. The van der Waals surface area contributed by atoms with Gasteiger partial charge in [-0.05, 0) is 60.7 Å². The molecule has 30 heavy (non-hydrogen) atoms. The van der Waals surface area contributed by atoms with Gasteiger partial charge in [-0.1, -0.05) is 33.6 Å². The molecule has 0 aromatic heterocycles. The molecule has 0 aliphatic heterocycles. The van der Waals surface area contributed by atoms with Crippen LogP contribution in [0.3, 0.4) is 0 Å². The molecule has 0 aliphatic carbocycles. The Kier molecular flexibility index (Phi) is 6.76. The fourth-order valence-corrected chi connectivity index (χ4v) is 4.00. The smallest absolute Gasteiger partial charge is 0.271 e.